The molecule has 0 aliphatic carbocycles. The van der Waals surface area contributed by atoms with E-state index in [1.807, 2.05) is 0 Å². The molecule has 0 aromatic carbocycles. The van der Waals surface area contributed by atoms with Crippen molar-refractivity contribution in [3.8, 4) is 0 Å². The molecule has 70 valence electrons. The van der Waals surface area contributed by atoms with Crippen LogP contribution in [0.3, 0.4) is 0 Å². The molecule has 0 saturated heterocycles. The van der Waals surface area contributed by atoms with Gasteiger partial charge in [0.1, 0.15) is 0 Å². The van der Waals surface area contributed by atoms with Gasteiger partial charge in [0.25, 0.3) is 0 Å². The second-order valence-electron chi connectivity index (χ2n) is 3.77. The Morgan fingerprint density at radius 3 is 1.31 bits per heavy atom. The van der Waals surface area contributed by atoms with Gasteiger partial charge < -0.3 is 0 Å². The summed E-state index contributed by atoms with van der Waals surface area (Å²) in [5.41, 5.74) is 0. The van der Waals surface area contributed by atoms with E-state index in [0.29, 0.717) is 0 Å². The van der Waals surface area contributed by atoms with Crippen molar-refractivity contribution in [3.05, 3.63) is 0 Å². The van der Waals surface area contributed by atoms with Crippen molar-refractivity contribution < 1.29 is 0 Å². The normalized spacial score (nSPS) is 9.38. The van der Waals surface area contributed by atoms with E-state index in [1.165, 1.54) is 44.9 Å². The summed E-state index contributed by atoms with van der Waals surface area (Å²) in [5, 5.41) is 0. The zero-order valence-electron chi connectivity index (χ0n) is 10.4. The molecule has 0 spiro atoms. The van der Waals surface area contributed by atoms with E-state index in [4.69, 9.17) is 0 Å². The second-order valence-corrected chi connectivity index (χ2v) is 6.89. The maximum absolute atomic E-state index is 2.26. The van der Waals surface area contributed by atoms with Crippen molar-refractivity contribution in [2.45, 2.75) is 59.8 Å². The van der Waals surface area contributed by atoms with E-state index in [0.717, 1.165) is 97.9 Å². The van der Waals surface area contributed by atoms with Crippen LogP contribution < -0.4 is 0 Å². The zero-order valence-corrected chi connectivity index (χ0v) is 16.6. The van der Waals surface area contributed by atoms with Gasteiger partial charge >= 0.3 is 158 Å². The van der Waals surface area contributed by atoms with Gasteiger partial charge in [0.05, 0.1) is 0 Å². The molecule has 0 rings (SSSR count). The fraction of sp³-hybridized carbons (Fsp3) is 1.00. The number of rotatable bonds is 7. The Morgan fingerprint density at radius 1 is 0.615 bits per heavy atom. The first-order valence-corrected chi connectivity index (χ1v) is 10.7. The topological polar surface area (TPSA) is 0 Å². The van der Waals surface area contributed by atoms with E-state index < -0.39 is 0 Å². The molecule has 0 atom stereocenters. The van der Waals surface area contributed by atoms with E-state index in [-0.39, 0.29) is 0 Å². The van der Waals surface area contributed by atoms with Crippen LogP contribution in [-0.2, 0) is 0 Å². The minimum atomic E-state index is 1.11. The van der Waals surface area contributed by atoms with Crippen LogP contribution >= 0.6 is 0 Å². The minimum absolute atomic E-state index is 1.11. The summed E-state index contributed by atoms with van der Waals surface area (Å²) in [6, 6.07) is 0. The van der Waals surface area contributed by atoms with Gasteiger partial charge in [0.2, 0.25) is 0 Å². The summed E-state index contributed by atoms with van der Waals surface area (Å²) in [6.45, 7) is 4.51. The van der Waals surface area contributed by atoms with Crippen LogP contribution in [0.4, 0.5) is 0 Å². The van der Waals surface area contributed by atoms with Gasteiger partial charge in [-0.1, -0.05) is 0 Å². The van der Waals surface area contributed by atoms with E-state index >= 15 is 0 Å². The third kappa shape index (κ3) is 25.5. The molecule has 0 aromatic rings. The number of hydrogen-bond donors (Lipinski definition) is 0. The number of hydrogen-bond acceptors (Lipinski definition) is 0. The molecular formula is C11H24K2. The van der Waals surface area contributed by atoms with Gasteiger partial charge in [-0.3, -0.25) is 0 Å². The van der Waals surface area contributed by atoms with Crippen LogP contribution in [0.1, 0.15) is 58.8 Å². The maximum atomic E-state index is 2.26. The van der Waals surface area contributed by atoms with Crippen molar-refractivity contribution in [3.63, 3.8) is 0 Å². The Kier molecular flexibility index (Phi) is 29.6. The molecule has 0 bridgehead atoms. The third-order valence-electron chi connectivity index (χ3n) is 2.16. The molecule has 13 heavy (non-hydrogen) atoms. The fourth-order valence-electron chi connectivity index (χ4n) is 1.18. The van der Waals surface area contributed by atoms with Crippen LogP contribution in [0.5, 0.6) is 0 Å². The van der Waals surface area contributed by atoms with Crippen LogP contribution in [0, 0.1) is 0 Å². The Bertz CT molecular complexity index is 57.1. The molecule has 0 aliphatic heterocycles. The summed E-state index contributed by atoms with van der Waals surface area (Å²) in [6.07, 6.45) is 10.2. The second kappa shape index (κ2) is 20.7. The van der Waals surface area contributed by atoms with Crippen LogP contribution in [0.2, 0.25) is 1.03 Å². The van der Waals surface area contributed by atoms with E-state index in [9.17, 15) is 0 Å². The quantitative estimate of drug-likeness (QED) is 0.463. The summed E-state index contributed by atoms with van der Waals surface area (Å²) in [5.74, 6) is 0. The molecular weight excluding hydrogens is 210 g/mol. The predicted octanol–water partition coefficient (Wildman–Crippen LogP) is 3.92. The molecule has 0 fully saturated rings. The van der Waals surface area contributed by atoms with Gasteiger partial charge in [0.15, 0.2) is 0 Å². The van der Waals surface area contributed by atoms with Crippen molar-refractivity contribution in [2.75, 3.05) is 0 Å². The SMILES string of the molecule is CCCCC[CH2][K].CCCC[CH2][K]. The molecule has 0 radical (unpaired) electrons. The third-order valence-corrected chi connectivity index (χ3v) is 4.37. The molecule has 0 aliphatic rings. The molecule has 0 nitrogen and oxygen atoms in total. The first-order valence-electron chi connectivity index (χ1n) is 6.33. The van der Waals surface area contributed by atoms with Crippen molar-refractivity contribution in [1.29, 1.82) is 0 Å². The van der Waals surface area contributed by atoms with Gasteiger partial charge in [-0.2, -0.15) is 0 Å². The monoisotopic (exact) mass is 234 g/mol. The molecule has 0 amide bonds. The van der Waals surface area contributed by atoms with Gasteiger partial charge in [-0.05, 0) is 0 Å². The van der Waals surface area contributed by atoms with Crippen molar-refractivity contribution in [2.24, 2.45) is 0 Å². The summed E-state index contributed by atoms with van der Waals surface area (Å²) >= 11 is 2.23. The summed E-state index contributed by atoms with van der Waals surface area (Å²) < 4.78 is 3.09. The average Bonchev–Trinajstić information content (AvgIpc) is 2.17. The van der Waals surface area contributed by atoms with Gasteiger partial charge in [-0.25, -0.2) is 0 Å². The first kappa shape index (κ1) is 18.6. The van der Waals surface area contributed by atoms with Crippen molar-refractivity contribution >= 4 is 97.9 Å². The average molecular weight is 235 g/mol. The number of unbranched alkanes of at least 4 members (excludes halogenated alkanes) is 5. The molecule has 0 N–H and O–H groups in total. The summed E-state index contributed by atoms with van der Waals surface area (Å²) in [4.78, 5) is 0. The Hall–Kier alpha value is 3.27. The standard InChI is InChI=1S/C6H13.C5H11.2K/c1-3-5-6-4-2;1-3-5-4-2;;/h1,3-6H2,2H3;1,3-5H2,2H3;;. The van der Waals surface area contributed by atoms with Crippen molar-refractivity contribution in [1.82, 2.24) is 0 Å². The zero-order chi connectivity index (χ0) is 10.4. The molecule has 2 heteroatoms. The molecule has 0 saturated carbocycles. The molecule has 0 aromatic heterocycles. The fourth-order valence-corrected chi connectivity index (χ4v) is 2.74. The van der Waals surface area contributed by atoms with Crippen LogP contribution in [0.25, 0.3) is 0 Å². The van der Waals surface area contributed by atoms with Crippen LogP contribution in [-0.4, -0.2) is 97.9 Å². The Balaban J connectivity index is 0. The summed E-state index contributed by atoms with van der Waals surface area (Å²) in [7, 11) is 0. The molecule has 0 heterocycles. The first-order chi connectivity index (χ1) is 6.33. The van der Waals surface area contributed by atoms with E-state index in [2.05, 4.69) is 13.8 Å². The molecule has 0 unspecified atom stereocenters. The predicted molar refractivity (Wildman–Crippen MR) is 64.8 cm³/mol. The Labute approximate surface area is 154 Å². The van der Waals surface area contributed by atoms with Gasteiger partial charge in [-0.15, -0.1) is 0 Å². The van der Waals surface area contributed by atoms with Gasteiger partial charge in [0, 0.05) is 0 Å². The van der Waals surface area contributed by atoms with Crippen LogP contribution in [0.15, 0.2) is 0 Å². The van der Waals surface area contributed by atoms with E-state index in [1.54, 1.807) is 1.03 Å². The Morgan fingerprint density at radius 2 is 1.00 bits per heavy atom.